The molecule has 0 heterocycles. The van der Waals surface area contributed by atoms with E-state index in [1.807, 2.05) is 33.8 Å². The van der Waals surface area contributed by atoms with Crippen molar-refractivity contribution in [3.63, 3.8) is 0 Å². The smallest absolute Gasteiger partial charge is 0.313 e. The molecule has 0 radical (unpaired) electrons. The Bertz CT molecular complexity index is 536. The van der Waals surface area contributed by atoms with E-state index < -0.39 is 11.8 Å². The van der Waals surface area contributed by atoms with E-state index in [1.54, 1.807) is 24.3 Å². The fourth-order valence-corrected chi connectivity index (χ4v) is 1.29. The average molecular weight is 273 g/mol. The van der Waals surface area contributed by atoms with Crippen molar-refractivity contribution in [1.29, 1.82) is 5.26 Å². The van der Waals surface area contributed by atoms with Crippen LogP contribution < -0.4 is 10.6 Å². The van der Waals surface area contributed by atoms with Crippen molar-refractivity contribution in [2.75, 3.05) is 5.32 Å². The number of nitrogens with one attached hydrogen (secondary N) is 2. The average Bonchev–Trinajstić information content (AvgIpc) is 2.38. The van der Waals surface area contributed by atoms with E-state index in [-0.39, 0.29) is 11.5 Å². The molecule has 1 rings (SSSR count). The summed E-state index contributed by atoms with van der Waals surface area (Å²) < 4.78 is 0. The molecule has 0 spiro atoms. The molecule has 1 aromatic rings. The van der Waals surface area contributed by atoms with Crippen LogP contribution in [0.2, 0.25) is 0 Å². The largest absolute Gasteiger partial charge is 0.345 e. The molecule has 1 atom stereocenters. The van der Waals surface area contributed by atoms with E-state index in [0.717, 1.165) is 0 Å². The molecule has 0 saturated carbocycles. The van der Waals surface area contributed by atoms with Crippen molar-refractivity contribution < 1.29 is 9.59 Å². The van der Waals surface area contributed by atoms with Crippen molar-refractivity contribution >= 4 is 17.5 Å². The minimum absolute atomic E-state index is 0.121. The van der Waals surface area contributed by atoms with Gasteiger partial charge in [0.15, 0.2) is 0 Å². The van der Waals surface area contributed by atoms with Gasteiger partial charge in [0, 0.05) is 11.7 Å². The zero-order valence-corrected chi connectivity index (χ0v) is 12.2. The van der Waals surface area contributed by atoms with Gasteiger partial charge in [-0.05, 0) is 36.6 Å². The summed E-state index contributed by atoms with van der Waals surface area (Å²) in [5.41, 5.74) is 0.853. The van der Waals surface area contributed by atoms with Gasteiger partial charge in [0.1, 0.15) is 0 Å². The van der Waals surface area contributed by atoms with Gasteiger partial charge in [-0.25, -0.2) is 0 Å². The summed E-state index contributed by atoms with van der Waals surface area (Å²) in [5.74, 6) is -1.39. The molecule has 5 heteroatoms. The fourth-order valence-electron chi connectivity index (χ4n) is 1.29. The lowest BCUT2D eigenvalue weighted by atomic mass is 9.88. The number of carbonyl (C=O) groups excluding carboxylic acids is 2. The standard InChI is InChI=1S/C15H19N3O2/c1-10(15(2,3)4)17-13(19)14(20)18-12-7-5-11(9-16)6-8-12/h5-8,10H,1-4H3,(H,17,19)(H,18,20). The molecule has 0 fully saturated rings. The third-order valence-electron chi connectivity index (χ3n) is 3.12. The highest BCUT2D eigenvalue weighted by molar-refractivity contribution is 6.39. The van der Waals surface area contributed by atoms with Gasteiger partial charge in [-0.15, -0.1) is 0 Å². The Morgan fingerprint density at radius 3 is 2.15 bits per heavy atom. The first kappa shape index (κ1) is 15.7. The monoisotopic (exact) mass is 273 g/mol. The third kappa shape index (κ3) is 4.39. The SMILES string of the molecule is CC(NC(=O)C(=O)Nc1ccc(C#N)cc1)C(C)(C)C. The Morgan fingerprint density at radius 2 is 1.70 bits per heavy atom. The maximum absolute atomic E-state index is 11.8. The number of carbonyl (C=O) groups is 2. The van der Waals surface area contributed by atoms with Gasteiger partial charge in [-0.1, -0.05) is 20.8 Å². The van der Waals surface area contributed by atoms with Crippen LogP contribution in [0.1, 0.15) is 33.3 Å². The number of nitriles is 1. The Balaban J connectivity index is 2.62. The number of benzene rings is 1. The number of hydrogen-bond donors (Lipinski definition) is 2. The number of rotatable bonds is 2. The molecule has 5 nitrogen and oxygen atoms in total. The first-order chi connectivity index (χ1) is 9.24. The van der Waals surface area contributed by atoms with Gasteiger partial charge in [-0.2, -0.15) is 5.26 Å². The second-order valence-corrected chi connectivity index (χ2v) is 5.70. The topological polar surface area (TPSA) is 82.0 Å². The van der Waals surface area contributed by atoms with Gasteiger partial charge in [-0.3, -0.25) is 9.59 Å². The van der Waals surface area contributed by atoms with Gasteiger partial charge >= 0.3 is 11.8 Å². The first-order valence-electron chi connectivity index (χ1n) is 6.36. The summed E-state index contributed by atoms with van der Waals surface area (Å²) in [6.07, 6.45) is 0. The molecule has 0 aromatic heterocycles. The van der Waals surface area contributed by atoms with E-state index in [0.29, 0.717) is 11.3 Å². The molecule has 2 amide bonds. The molecule has 20 heavy (non-hydrogen) atoms. The highest BCUT2D eigenvalue weighted by atomic mass is 16.2. The Kier molecular flexibility index (Phi) is 4.87. The molecule has 0 saturated heterocycles. The van der Waals surface area contributed by atoms with Crippen LogP contribution in [0.25, 0.3) is 0 Å². The first-order valence-corrected chi connectivity index (χ1v) is 6.36. The molecule has 1 aromatic carbocycles. The lowest BCUT2D eigenvalue weighted by Crippen LogP contribution is -2.46. The van der Waals surface area contributed by atoms with E-state index in [2.05, 4.69) is 10.6 Å². The lowest BCUT2D eigenvalue weighted by molar-refractivity contribution is -0.137. The molecule has 1 unspecified atom stereocenters. The predicted octanol–water partition coefficient (Wildman–Crippen LogP) is 2.05. The van der Waals surface area contributed by atoms with Gasteiger partial charge < -0.3 is 10.6 Å². The van der Waals surface area contributed by atoms with Crippen LogP contribution in [0, 0.1) is 16.7 Å². The van der Waals surface area contributed by atoms with Crippen LogP contribution in [0.3, 0.4) is 0 Å². The maximum atomic E-state index is 11.8. The lowest BCUT2D eigenvalue weighted by Gasteiger charge is -2.27. The highest BCUT2D eigenvalue weighted by Crippen LogP contribution is 2.18. The highest BCUT2D eigenvalue weighted by Gasteiger charge is 2.24. The van der Waals surface area contributed by atoms with Crippen LogP contribution >= 0.6 is 0 Å². The molecule has 0 bridgehead atoms. The van der Waals surface area contributed by atoms with Crippen LogP contribution in [-0.2, 0) is 9.59 Å². The van der Waals surface area contributed by atoms with Crippen molar-refractivity contribution in [2.24, 2.45) is 5.41 Å². The van der Waals surface area contributed by atoms with Crippen LogP contribution in [0.5, 0.6) is 0 Å². The molecule has 2 N–H and O–H groups in total. The summed E-state index contributed by atoms with van der Waals surface area (Å²) >= 11 is 0. The molecular formula is C15H19N3O2. The fraction of sp³-hybridized carbons (Fsp3) is 0.400. The molecule has 0 aliphatic carbocycles. The van der Waals surface area contributed by atoms with Crippen LogP contribution in [-0.4, -0.2) is 17.9 Å². The quantitative estimate of drug-likeness (QED) is 0.809. The maximum Gasteiger partial charge on any atom is 0.313 e. The summed E-state index contributed by atoms with van der Waals surface area (Å²) in [6, 6.07) is 8.17. The Labute approximate surface area is 119 Å². The van der Waals surface area contributed by atoms with Crippen molar-refractivity contribution in [1.82, 2.24) is 5.32 Å². The normalized spacial score (nSPS) is 12.2. The summed E-state index contributed by atoms with van der Waals surface area (Å²) in [4.78, 5) is 23.5. The Morgan fingerprint density at radius 1 is 1.15 bits per heavy atom. The zero-order valence-electron chi connectivity index (χ0n) is 12.2. The second-order valence-electron chi connectivity index (χ2n) is 5.70. The van der Waals surface area contributed by atoms with E-state index in [9.17, 15) is 9.59 Å². The van der Waals surface area contributed by atoms with E-state index >= 15 is 0 Å². The molecular weight excluding hydrogens is 254 g/mol. The summed E-state index contributed by atoms with van der Waals surface area (Å²) in [7, 11) is 0. The molecule has 0 aliphatic heterocycles. The predicted molar refractivity (Wildman–Crippen MR) is 76.8 cm³/mol. The second kappa shape index (κ2) is 6.20. The van der Waals surface area contributed by atoms with Crippen LogP contribution in [0.15, 0.2) is 24.3 Å². The van der Waals surface area contributed by atoms with Crippen molar-refractivity contribution in [3.8, 4) is 6.07 Å². The van der Waals surface area contributed by atoms with Gasteiger partial charge in [0.05, 0.1) is 11.6 Å². The van der Waals surface area contributed by atoms with Crippen LogP contribution in [0.4, 0.5) is 5.69 Å². The number of amides is 2. The number of hydrogen-bond acceptors (Lipinski definition) is 3. The molecule has 106 valence electrons. The van der Waals surface area contributed by atoms with Crippen molar-refractivity contribution in [2.45, 2.75) is 33.7 Å². The Hall–Kier alpha value is -2.35. The van der Waals surface area contributed by atoms with E-state index in [4.69, 9.17) is 5.26 Å². The summed E-state index contributed by atoms with van der Waals surface area (Å²) in [6.45, 7) is 7.80. The minimum atomic E-state index is -0.717. The third-order valence-corrected chi connectivity index (χ3v) is 3.12. The van der Waals surface area contributed by atoms with Crippen molar-refractivity contribution in [3.05, 3.63) is 29.8 Å². The van der Waals surface area contributed by atoms with E-state index in [1.165, 1.54) is 0 Å². The number of nitrogens with zero attached hydrogens (tertiary/aromatic N) is 1. The molecule has 0 aliphatic rings. The number of anilines is 1. The van der Waals surface area contributed by atoms with Gasteiger partial charge in [0.25, 0.3) is 0 Å². The zero-order chi connectivity index (χ0) is 15.3. The van der Waals surface area contributed by atoms with Gasteiger partial charge in [0.2, 0.25) is 0 Å². The minimum Gasteiger partial charge on any atom is -0.345 e. The summed E-state index contributed by atoms with van der Waals surface area (Å²) in [5, 5.41) is 13.8.